The van der Waals surface area contributed by atoms with Crippen molar-refractivity contribution in [3.8, 4) is 0 Å². The van der Waals surface area contributed by atoms with E-state index in [0.29, 0.717) is 6.42 Å². The molecule has 0 saturated carbocycles. The molecule has 0 N–H and O–H groups in total. The lowest BCUT2D eigenvalue weighted by molar-refractivity contribution is -0.157. The third kappa shape index (κ3) is 4.38. The average Bonchev–Trinajstić information content (AvgIpc) is 2.79. The molecule has 1 aliphatic heterocycles. The van der Waals surface area contributed by atoms with Crippen molar-refractivity contribution in [3.63, 3.8) is 0 Å². The quantitative estimate of drug-likeness (QED) is 0.535. The van der Waals surface area contributed by atoms with Gasteiger partial charge in [0.05, 0.1) is 12.1 Å². The van der Waals surface area contributed by atoms with Gasteiger partial charge in [-0.2, -0.15) is 0 Å². The first-order chi connectivity index (χ1) is 15.1. The molecule has 0 spiro atoms. The van der Waals surface area contributed by atoms with Crippen molar-refractivity contribution >= 4 is 11.9 Å². The van der Waals surface area contributed by atoms with Gasteiger partial charge in [-0.25, -0.2) is 0 Å². The van der Waals surface area contributed by atoms with Crippen LogP contribution in [0.25, 0.3) is 0 Å². The van der Waals surface area contributed by atoms with Gasteiger partial charge in [-0.15, -0.1) is 0 Å². The summed E-state index contributed by atoms with van der Waals surface area (Å²) in [6, 6.07) is 29.7. The third-order valence-corrected chi connectivity index (χ3v) is 6.02. The van der Waals surface area contributed by atoms with Crippen LogP contribution in [0.15, 0.2) is 91.0 Å². The van der Waals surface area contributed by atoms with E-state index in [0.717, 1.165) is 16.7 Å². The molecule has 3 aromatic rings. The number of likely N-dealkylation sites (tertiary alicyclic amines) is 1. The fourth-order valence-electron chi connectivity index (χ4n) is 4.86. The second-order valence-electron chi connectivity index (χ2n) is 8.03. The molecule has 0 bridgehead atoms. The molecule has 4 nitrogen and oxygen atoms in total. The number of hydrogen-bond acceptors (Lipinski definition) is 3. The maximum absolute atomic E-state index is 13.1. The van der Waals surface area contributed by atoms with E-state index < -0.39 is 0 Å². The standard InChI is InChI=1S/C27H27NO3/c1-19(29)28-24(21-12-6-3-7-13-21)18-25(31-20(2)30)26(22-14-8-4-9-15-22)27(28)23-16-10-5-11-17-23/h3-17,24-27H,18H2,1-2H3/t24-,25-,26-,27-/m1/s1. The van der Waals surface area contributed by atoms with Crippen molar-refractivity contribution in [1.82, 2.24) is 4.90 Å². The van der Waals surface area contributed by atoms with Crippen LogP contribution >= 0.6 is 0 Å². The van der Waals surface area contributed by atoms with Gasteiger partial charge in [0.1, 0.15) is 6.10 Å². The highest BCUT2D eigenvalue weighted by Crippen LogP contribution is 2.50. The van der Waals surface area contributed by atoms with Crippen LogP contribution in [0, 0.1) is 0 Å². The Morgan fingerprint density at radius 3 is 1.71 bits per heavy atom. The van der Waals surface area contributed by atoms with Crippen LogP contribution in [0.3, 0.4) is 0 Å². The molecule has 4 atom stereocenters. The second kappa shape index (κ2) is 9.17. The SMILES string of the molecule is CC(=O)O[C@@H]1C[C@H](c2ccccc2)N(C(C)=O)[C@H](c2ccccc2)[C@@H]1c1ccccc1. The molecule has 4 heteroatoms. The number of benzene rings is 3. The Balaban J connectivity index is 1.91. The minimum atomic E-state index is -0.356. The lowest BCUT2D eigenvalue weighted by Crippen LogP contribution is -2.49. The summed E-state index contributed by atoms with van der Waals surface area (Å²) in [6.07, 6.45) is 0.192. The molecular formula is C27H27NO3. The number of carbonyl (C=O) groups is 2. The highest BCUT2D eigenvalue weighted by molar-refractivity contribution is 5.75. The van der Waals surface area contributed by atoms with E-state index in [1.807, 2.05) is 71.6 Å². The van der Waals surface area contributed by atoms with Gasteiger partial charge < -0.3 is 9.64 Å². The number of carbonyl (C=O) groups excluding carboxylic acids is 2. The van der Waals surface area contributed by atoms with Crippen molar-refractivity contribution < 1.29 is 14.3 Å². The van der Waals surface area contributed by atoms with E-state index in [-0.39, 0.29) is 36.0 Å². The van der Waals surface area contributed by atoms with Crippen LogP contribution < -0.4 is 0 Å². The zero-order chi connectivity index (χ0) is 21.8. The molecule has 1 saturated heterocycles. The van der Waals surface area contributed by atoms with Crippen molar-refractivity contribution in [3.05, 3.63) is 108 Å². The average molecular weight is 414 g/mol. The number of hydrogen-bond donors (Lipinski definition) is 0. The summed E-state index contributed by atoms with van der Waals surface area (Å²) in [6.45, 7) is 3.08. The molecule has 4 rings (SSSR count). The monoisotopic (exact) mass is 413 g/mol. The second-order valence-corrected chi connectivity index (χ2v) is 8.03. The van der Waals surface area contributed by atoms with E-state index in [4.69, 9.17) is 4.74 Å². The number of nitrogens with zero attached hydrogens (tertiary/aromatic N) is 1. The molecule has 1 amide bonds. The van der Waals surface area contributed by atoms with Gasteiger partial charge in [0.2, 0.25) is 5.91 Å². The smallest absolute Gasteiger partial charge is 0.302 e. The predicted octanol–water partition coefficient (Wildman–Crippen LogP) is 5.44. The molecule has 3 aromatic carbocycles. The van der Waals surface area contributed by atoms with Crippen LogP contribution in [-0.2, 0) is 14.3 Å². The van der Waals surface area contributed by atoms with Gasteiger partial charge >= 0.3 is 5.97 Å². The summed E-state index contributed by atoms with van der Waals surface area (Å²) < 4.78 is 5.91. The topological polar surface area (TPSA) is 46.6 Å². The number of piperidine rings is 1. The van der Waals surface area contributed by atoms with Crippen molar-refractivity contribution in [2.45, 2.75) is 44.4 Å². The maximum atomic E-state index is 13.1. The van der Waals surface area contributed by atoms with Crippen molar-refractivity contribution in [2.75, 3.05) is 0 Å². The first kappa shape index (κ1) is 20.9. The number of rotatable bonds is 4. The summed E-state index contributed by atoms with van der Waals surface area (Å²) in [5, 5.41) is 0. The first-order valence-corrected chi connectivity index (χ1v) is 10.7. The Bertz CT molecular complexity index is 1020. The van der Waals surface area contributed by atoms with Gasteiger partial charge in [-0.3, -0.25) is 9.59 Å². The number of esters is 1. The Morgan fingerprint density at radius 2 is 1.23 bits per heavy atom. The number of amides is 1. The van der Waals surface area contributed by atoms with Crippen LogP contribution in [0.1, 0.15) is 55.0 Å². The van der Waals surface area contributed by atoms with Crippen molar-refractivity contribution in [2.24, 2.45) is 0 Å². The minimum absolute atomic E-state index is 0.00455. The minimum Gasteiger partial charge on any atom is -0.462 e. The summed E-state index contributed by atoms with van der Waals surface area (Å²) in [5.41, 5.74) is 3.13. The van der Waals surface area contributed by atoms with E-state index in [2.05, 4.69) is 24.3 Å². The molecule has 31 heavy (non-hydrogen) atoms. The lowest BCUT2D eigenvalue weighted by atomic mass is 9.74. The fraction of sp³-hybridized carbons (Fsp3) is 0.259. The zero-order valence-electron chi connectivity index (χ0n) is 17.8. The Labute approximate surface area is 183 Å². The van der Waals surface area contributed by atoms with Gasteiger partial charge in [-0.1, -0.05) is 91.0 Å². The van der Waals surface area contributed by atoms with E-state index in [1.54, 1.807) is 6.92 Å². The highest BCUT2D eigenvalue weighted by Gasteiger charge is 2.47. The van der Waals surface area contributed by atoms with Gasteiger partial charge in [0.15, 0.2) is 0 Å². The van der Waals surface area contributed by atoms with Gasteiger partial charge in [-0.05, 0) is 16.7 Å². The molecule has 0 aromatic heterocycles. The molecule has 0 aliphatic carbocycles. The normalized spacial score (nSPS) is 23.2. The van der Waals surface area contributed by atoms with E-state index >= 15 is 0 Å². The van der Waals surface area contributed by atoms with Gasteiger partial charge in [0, 0.05) is 26.2 Å². The van der Waals surface area contributed by atoms with E-state index in [9.17, 15) is 9.59 Å². The summed E-state index contributed by atoms with van der Waals surface area (Å²) in [4.78, 5) is 27.2. The molecule has 0 unspecified atom stereocenters. The fourth-order valence-corrected chi connectivity index (χ4v) is 4.86. The Morgan fingerprint density at radius 1 is 0.742 bits per heavy atom. The Hall–Kier alpha value is -3.40. The third-order valence-electron chi connectivity index (χ3n) is 6.02. The summed E-state index contributed by atoms with van der Waals surface area (Å²) >= 11 is 0. The molecule has 1 aliphatic rings. The Kier molecular flexibility index (Phi) is 6.17. The van der Waals surface area contributed by atoms with E-state index in [1.165, 1.54) is 6.92 Å². The number of ether oxygens (including phenoxy) is 1. The predicted molar refractivity (Wildman–Crippen MR) is 120 cm³/mol. The van der Waals surface area contributed by atoms with Crippen LogP contribution in [0.4, 0.5) is 0 Å². The summed E-state index contributed by atoms with van der Waals surface area (Å²) in [5.74, 6) is -0.470. The molecular weight excluding hydrogens is 386 g/mol. The lowest BCUT2D eigenvalue weighted by Gasteiger charge is -2.50. The molecule has 1 heterocycles. The molecule has 158 valence electrons. The van der Waals surface area contributed by atoms with Crippen LogP contribution in [0.2, 0.25) is 0 Å². The van der Waals surface area contributed by atoms with Crippen LogP contribution in [-0.4, -0.2) is 22.9 Å². The summed E-state index contributed by atoms with van der Waals surface area (Å²) in [7, 11) is 0. The first-order valence-electron chi connectivity index (χ1n) is 10.7. The van der Waals surface area contributed by atoms with Gasteiger partial charge in [0.25, 0.3) is 0 Å². The van der Waals surface area contributed by atoms with Crippen LogP contribution in [0.5, 0.6) is 0 Å². The molecule has 0 radical (unpaired) electrons. The van der Waals surface area contributed by atoms with Crippen molar-refractivity contribution in [1.29, 1.82) is 0 Å². The largest absolute Gasteiger partial charge is 0.462 e. The maximum Gasteiger partial charge on any atom is 0.302 e. The zero-order valence-corrected chi connectivity index (χ0v) is 17.8. The molecule has 1 fully saturated rings. The highest BCUT2D eigenvalue weighted by atomic mass is 16.5.